The number of aryl methyl sites for hydroxylation is 1. The van der Waals surface area contributed by atoms with Crippen LogP contribution in [-0.2, 0) is 15.3 Å². The molecule has 2 heterocycles. The number of nitrogens with one attached hydrogen (secondary N) is 3. The molecule has 1 aromatic heterocycles. The Hall–Kier alpha value is -4.02. The molecule has 3 N–H and O–H groups in total. The second-order valence-electron chi connectivity index (χ2n) is 12.1. The molecule has 0 spiro atoms. The Labute approximate surface area is 252 Å². The topological polar surface area (TPSA) is 105 Å². The molecule has 1 aliphatic rings. The third kappa shape index (κ3) is 6.97. The smallest absolute Gasteiger partial charge is 0.317 e. The predicted molar refractivity (Wildman–Crippen MR) is 168 cm³/mol. The normalized spacial score (nSPS) is 15.2. The van der Waals surface area contributed by atoms with Crippen LogP contribution >= 0.6 is 0 Å². The monoisotopic (exact) mass is 603 g/mol. The van der Waals surface area contributed by atoms with Gasteiger partial charge in [0.25, 0.3) is 0 Å². The van der Waals surface area contributed by atoms with Gasteiger partial charge in [-0.25, -0.2) is 22.3 Å². The molecule has 2 amide bonds. The van der Waals surface area contributed by atoms with E-state index in [4.69, 9.17) is 5.10 Å². The van der Waals surface area contributed by atoms with E-state index < -0.39 is 26.9 Å². The summed E-state index contributed by atoms with van der Waals surface area (Å²) in [5, 5.41) is 13.0. The number of carbonyl (C=O) groups excluding carboxylic acids is 1. The van der Waals surface area contributed by atoms with E-state index in [9.17, 15) is 17.6 Å². The van der Waals surface area contributed by atoms with Crippen LogP contribution in [-0.4, -0.2) is 37.3 Å². The van der Waals surface area contributed by atoms with Gasteiger partial charge in [0, 0.05) is 17.2 Å². The molecule has 1 fully saturated rings. The van der Waals surface area contributed by atoms with Crippen molar-refractivity contribution >= 4 is 27.4 Å². The number of nitrogens with zero attached hydrogens (tertiary/aromatic N) is 2. The van der Waals surface area contributed by atoms with Gasteiger partial charge in [-0.3, -0.25) is 5.32 Å². The maximum Gasteiger partial charge on any atom is 0.324 e. The molecule has 0 radical (unpaired) electrons. The van der Waals surface area contributed by atoms with Crippen LogP contribution in [0.3, 0.4) is 0 Å². The van der Waals surface area contributed by atoms with Gasteiger partial charge < -0.3 is 10.6 Å². The first-order valence-electron chi connectivity index (χ1n) is 14.5. The van der Waals surface area contributed by atoms with Crippen LogP contribution in [0.2, 0.25) is 0 Å². The Morgan fingerprint density at radius 3 is 2.35 bits per heavy atom. The van der Waals surface area contributed by atoms with Crippen molar-refractivity contribution in [1.82, 2.24) is 15.1 Å². The average Bonchev–Trinajstić information content (AvgIpc) is 3.38. The van der Waals surface area contributed by atoms with Crippen molar-refractivity contribution in [3.8, 4) is 5.69 Å². The Balaban J connectivity index is 1.43. The number of hydrogen-bond donors (Lipinski definition) is 3. The number of amides is 2. The van der Waals surface area contributed by atoms with Crippen molar-refractivity contribution in [2.75, 3.05) is 23.7 Å². The molecule has 1 atom stereocenters. The Morgan fingerprint density at radius 2 is 1.67 bits per heavy atom. The molecule has 1 aliphatic heterocycles. The molecular formula is C33H38FN5O3S. The molecule has 0 aliphatic carbocycles. The van der Waals surface area contributed by atoms with E-state index in [1.165, 1.54) is 18.2 Å². The summed E-state index contributed by atoms with van der Waals surface area (Å²) in [7, 11) is -3.93. The van der Waals surface area contributed by atoms with E-state index in [0.29, 0.717) is 43.0 Å². The average molecular weight is 604 g/mol. The first kappa shape index (κ1) is 30.4. The molecule has 1 unspecified atom stereocenters. The number of benzene rings is 3. The molecule has 8 nitrogen and oxygen atoms in total. The van der Waals surface area contributed by atoms with Crippen molar-refractivity contribution < 1.29 is 17.6 Å². The second kappa shape index (κ2) is 12.3. The highest BCUT2D eigenvalue weighted by Crippen LogP contribution is 2.40. The molecule has 0 bridgehead atoms. The molecule has 5 rings (SSSR count). The predicted octanol–water partition coefficient (Wildman–Crippen LogP) is 6.78. The van der Waals surface area contributed by atoms with E-state index in [1.54, 1.807) is 28.9 Å². The molecule has 0 saturated carbocycles. The summed E-state index contributed by atoms with van der Waals surface area (Å²) in [6.45, 7) is 9.58. The Morgan fingerprint density at radius 1 is 0.977 bits per heavy atom. The van der Waals surface area contributed by atoms with Crippen molar-refractivity contribution in [3.63, 3.8) is 0 Å². The third-order valence-electron chi connectivity index (χ3n) is 7.74. The van der Waals surface area contributed by atoms with Crippen LogP contribution in [0.1, 0.15) is 55.7 Å². The van der Waals surface area contributed by atoms with Crippen molar-refractivity contribution in [2.45, 2.75) is 56.1 Å². The standard InChI is InChI=1S/C33H38FN5O3S/c1-22-11-13-27(14-12-22)39-30(21-29(38-39)33(2,3)4)37-32(40)36-26-9-5-7-24(19-26)31(23-15-17-35-18-16-23)43(41,42)28-10-6-8-25(34)20-28/h5-14,19-21,23,31,35H,15-18H2,1-4H3,(H2,36,37,40). The highest BCUT2D eigenvalue weighted by molar-refractivity contribution is 7.91. The highest BCUT2D eigenvalue weighted by Gasteiger charge is 2.37. The maximum atomic E-state index is 14.1. The number of piperidine rings is 1. The molecule has 226 valence electrons. The fraction of sp³-hybridized carbons (Fsp3) is 0.333. The van der Waals surface area contributed by atoms with Gasteiger partial charge in [0.15, 0.2) is 9.84 Å². The molecule has 10 heteroatoms. The highest BCUT2D eigenvalue weighted by atomic mass is 32.2. The van der Waals surface area contributed by atoms with E-state index in [1.807, 2.05) is 37.3 Å². The van der Waals surface area contributed by atoms with E-state index in [2.05, 4.69) is 36.7 Å². The second-order valence-corrected chi connectivity index (χ2v) is 14.2. The summed E-state index contributed by atoms with van der Waals surface area (Å²) in [4.78, 5) is 13.2. The van der Waals surface area contributed by atoms with Gasteiger partial charge in [-0.2, -0.15) is 5.10 Å². The zero-order valence-electron chi connectivity index (χ0n) is 24.9. The molecule has 4 aromatic rings. The molecule has 43 heavy (non-hydrogen) atoms. The van der Waals surface area contributed by atoms with Gasteiger partial charge in [-0.15, -0.1) is 0 Å². The van der Waals surface area contributed by atoms with Crippen LogP contribution in [0.15, 0.2) is 83.8 Å². The van der Waals surface area contributed by atoms with Crippen molar-refractivity contribution in [1.29, 1.82) is 0 Å². The lowest BCUT2D eigenvalue weighted by molar-refractivity contribution is 0.262. The summed E-state index contributed by atoms with van der Waals surface area (Å²) in [5.41, 5.74) is 3.49. The summed E-state index contributed by atoms with van der Waals surface area (Å²) in [6, 6.07) is 21.3. The number of carbonyl (C=O) groups is 1. The number of halogens is 1. The fourth-order valence-electron chi connectivity index (χ4n) is 5.43. The minimum Gasteiger partial charge on any atom is -0.317 e. The summed E-state index contributed by atoms with van der Waals surface area (Å²) < 4.78 is 43.7. The van der Waals surface area contributed by atoms with Crippen molar-refractivity contribution in [2.24, 2.45) is 5.92 Å². The lowest BCUT2D eigenvalue weighted by Gasteiger charge is -2.31. The number of sulfone groups is 1. The van der Waals surface area contributed by atoms with Gasteiger partial charge >= 0.3 is 6.03 Å². The third-order valence-corrected chi connectivity index (χ3v) is 9.98. The molecule has 3 aromatic carbocycles. The minimum absolute atomic E-state index is 0.0499. The summed E-state index contributed by atoms with van der Waals surface area (Å²) >= 11 is 0. The number of hydrogen-bond acceptors (Lipinski definition) is 5. The van der Waals surface area contributed by atoms with Crippen molar-refractivity contribution in [3.05, 3.63) is 102 Å². The van der Waals surface area contributed by atoms with E-state index >= 15 is 0 Å². The summed E-state index contributed by atoms with van der Waals surface area (Å²) in [5.74, 6) is -0.265. The molecular weight excluding hydrogens is 565 g/mol. The first-order chi connectivity index (χ1) is 20.4. The van der Waals surface area contributed by atoms with Crippen LogP contribution in [0.25, 0.3) is 5.69 Å². The number of urea groups is 1. The number of aromatic nitrogens is 2. The van der Waals surface area contributed by atoms with Gasteiger partial charge in [0.05, 0.1) is 21.5 Å². The molecule has 1 saturated heterocycles. The lowest BCUT2D eigenvalue weighted by atomic mass is 9.90. The fourth-order valence-corrected chi connectivity index (χ4v) is 7.56. The zero-order valence-corrected chi connectivity index (χ0v) is 25.7. The van der Waals surface area contributed by atoms with E-state index in [-0.39, 0.29) is 16.2 Å². The quantitative estimate of drug-likeness (QED) is 0.216. The number of rotatable bonds is 7. The largest absolute Gasteiger partial charge is 0.324 e. The summed E-state index contributed by atoms with van der Waals surface area (Å²) in [6.07, 6.45) is 1.33. The maximum absolute atomic E-state index is 14.1. The van der Waals surface area contributed by atoms with E-state index in [0.717, 1.165) is 23.0 Å². The van der Waals surface area contributed by atoms with Crippen LogP contribution in [0.4, 0.5) is 20.7 Å². The Kier molecular flexibility index (Phi) is 8.71. The van der Waals surface area contributed by atoms with Gasteiger partial charge in [0.2, 0.25) is 0 Å². The van der Waals surface area contributed by atoms with Gasteiger partial charge in [-0.05, 0) is 86.8 Å². The van der Waals surface area contributed by atoms with Gasteiger partial charge in [0.1, 0.15) is 11.6 Å². The first-order valence-corrected chi connectivity index (χ1v) is 16.0. The number of anilines is 2. The lowest BCUT2D eigenvalue weighted by Crippen LogP contribution is -2.33. The zero-order chi connectivity index (χ0) is 30.8. The van der Waals surface area contributed by atoms with Crippen LogP contribution in [0.5, 0.6) is 0 Å². The Bertz CT molecular complexity index is 1710. The minimum atomic E-state index is -3.93. The van der Waals surface area contributed by atoms with Gasteiger partial charge in [-0.1, -0.05) is 56.7 Å². The SMILES string of the molecule is Cc1ccc(-n2nc(C(C)(C)C)cc2NC(=O)Nc2cccc(C(C3CCNCC3)S(=O)(=O)c3cccc(F)c3)c2)cc1. The van der Waals surface area contributed by atoms with Crippen LogP contribution in [0, 0.1) is 18.7 Å². The van der Waals surface area contributed by atoms with Crippen LogP contribution < -0.4 is 16.0 Å².